The summed E-state index contributed by atoms with van der Waals surface area (Å²) < 4.78 is 0.747. The van der Waals surface area contributed by atoms with E-state index in [0.717, 1.165) is 4.47 Å². The lowest BCUT2D eigenvalue weighted by molar-refractivity contribution is -0.119. The van der Waals surface area contributed by atoms with E-state index < -0.39 is 0 Å². The van der Waals surface area contributed by atoms with E-state index in [1.165, 1.54) is 6.33 Å². The number of nitrogens with zero attached hydrogens (tertiary/aromatic N) is 3. The highest BCUT2D eigenvalue weighted by Crippen LogP contribution is 2.28. The van der Waals surface area contributed by atoms with Crippen molar-refractivity contribution in [3.05, 3.63) is 10.8 Å². The van der Waals surface area contributed by atoms with Crippen LogP contribution in [0.2, 0.25) is 0 Å². The molecule has 1 aromatic rings. The first-order valence-corrected chi connectivity index (χ1v) is 6.91. The lowest BCUT2D eigenvalue weighted by atomic mass is 10.2. The fourth-order valence-electron chi connectivity index (χ4n) is 1.47. The molecule has 0 atom stereocenters. The zero-order chi connectivity index (χ0) is 14.4. The monoisotopic (exact) mass is 329 g/mol. The number of hydrogen-bond donors (Lipinski definition) is 2. The first-order valence-electron chi connectivity index (χ1n) is 6.11. The summed E-state index contributed by atoms with van der Waals surface area (Å²) in [5, 5.41) is 5.83. The van der Waals surface area contributed by atoms with Crippen molar-refractivity contribution < 1.29 is 4.79 Å². The highest BCUT2D eigenvalue weighted by Gasteiger charge is 2.14. The molecule has 0 saturated carbocycles. The Labute approximate surface area is 122 Å². The number of carbonyl (C=O) groups is 1. The van der Waals surface area contributed by atoms with E-state index in [9.17, 15) is 4.79 Å². The normalized spacial score (nSPS) is 10.4. The summed E-state index contributed by atoms with van der Waals surface area (Å²) in [5.41, 5.74) is 0. The molecule has 0 spiro atoms. The molecule has 2 N–H and O–H groups in total. The van der Waals surface area contributed by atoms with Crippen molar-refractivity contribution in [1.82, 2.24) is 15.3 Å². The fraction of sp³-hybridized carbons (Fsp3) is 0.583. The largest absolute Gasteiger partial charge is 0.372 e. The van der Waals surface area contributed by atoms with Crippen LogP contribution < -0.4 is 15.5 Å². The van der Waals surface area contributed by atoms with E-state index in [1.54, 1.807) is 11.9 Å². The van der Waals surface area contributed by atoms with Crippen molar-refractivity contribution >= 4 is 33.5 Å². The number of halogens is 1. The summed E-state index contributed by atoms with van der Waals surface area (Å²) in [4.78, 5) is 21.8. The smallest absolute Gasteiger partial charge is 0.239 e. The Hall–Kier alpha value is -1.37. The molecule has 19 heavy (non-hydrogen) atoms. The Morgan fingerprint density at radius 1 is 1.47 bits per heavy atom. The molecule has 0 unspecified atom stereocenters. The van der Waals surface area contributed by atoms with E-state index >= 15 is 0 Å². The lowest BCUT2D eigenvalue weighted by Crippen LogP contribution is -2.37. The molecule has 0 fully saturated rings. The van der Waals surface area contributed by atoms with E-state index in [-0.39, 0.29) is 12.5 Å². The predicted octanol–water partition coefficient (Wildman–Crippen LogP) is 1.49. The van der Waals surface area contributed by atoms with E-state index in [4.69, 9.17) is 0 Å². The number of aromatic nitrogens is 2. The van der Waals surface area contributed by atoms with Crippen molar-refractivity contribution in [2.24, 2.45) is 5.92 Å². The molecule has 106 valence electrons. The van der Waals surface area contributed by atoms with Crippen LogP contribution in [-0.2, 0) is 4.79 Å². The molecule has 0 aliphatic rings. The third-order valence-electron chi connectivity index (χ3n) is 2.46. The van der Waals surface area contributed by atoms with Crippen LogP contribution in [0.1, 0.15) is 13.8 Å². The Morgan fingerprint density at radius 3 is 2.74 bits per heavy atom. The molecule has 7 heteroatoms. The number of amides is 1. The fourth-order valence-corrected chi connectivity index (χ4v) is 2.17. The zero-order valence-electron chi connectivity index (χ0n) is 11.7. The minimum Gasteiger partial charge on any atom is -0.372 e. The van der Waals surface area contributed by atoms with Gasteiger partial charge in [-0.05, 0) is 21.8 Å². The molecule has 1 aromatic heterocycles. The highest BCUT2D eigenvalue weighted by atomic mass is 79.9. The van der Waals surface area contributed by atoms with Crippen LogP contribution in [0.4, 0.5) is 11.6 Å². The average Bonchev–Trinajstić information content (AvgIpc) is 2.36. The third-order valence-corrected chi connectivity index (χ3v) is 3.19. The quantitative estimate of drug-likeness (QED) is 0.827. The number of carbonyl (C=O) groups excluding carboxylic acids is 1. The minimum absolute atomic E-state index is 0.0206. The highest BCUT2D eigenvalue weighted by molar-refractivity contribution is 9.10. The molecule has 0 aliphatic carbocycles. The maximum absolute atomic E-state index is 11.8. The van der Waals surface area contributed by atoms with Crippen LogP contribution in [-0.4, -0.2) is 43.1 Å². The van der Waals surface area contributed by atoms with E-state index in [0.29, 0.717) is 24.1 Å². The molecule has 0 bridgehead atoms. The molecule has 6 nitrogen and oxygen atoms in total. The van der Waals surface area contributed by atoms with Gasteiger partial charge in [0.25, 0.3) is 0 Å². The van der Waals surface area contributed by atoms with Gasteiger partial charge in [-0.15, -0.1) is 0 Å². The second-order valence-electron chi connectivity index (χ2n) is 4.66. The second-order valence-corrected chi connectivity index (χ2v) is 5.46. The van der Waals surface area contributed by atoms with E-state index in [2.05, 4.69) is 50.4 Å². The summed E-state index contributed by atoms with van der Waals surface area (Å²) in [6, 6.07) is 0. The summed E-state index contributed by atoms with van der Waals surface area (Å²) >= 11 is 3.43. The van der Waals surface area contributed by atoms with Gasteiger partial charge in [-0.2, -0.15) is 0 Å². The summed E-state index contributed by atoms with van der Waals surface area (Å²) in [6.45, 7) is 5.05. The Balaban J connectivity index is 2.68. The van der Waals surface area contributed by atoms with Gasteiger partial charge in [0.15, 0.2) is 0 Å². The zero-order valence-corrected chi connectivity index (χ0v) is 13.3. The van der Waals surface area contributed by atoms with Crippen LogP contribution in [0.25, 0.3) is 0 Å². The predicted molar refractivity (Wildman–Crippen MR) is 80.4 cm³/mol. The minimum atomic E-state index is -0.0206. The first-order chi connectivity index (χ1) is 8.95. The number of nitrogens with one attached hydrogen (secondary N) is 2. The van der Waals surface area contributed by atoms with Gasteiger partial charge in [0.05, 0.1) is 6.54 Å². The van der Waals surface area contributed by atoms with Crippen LogP contribution >= 0.6 is 15.9 Å². The van der Waals surface area contributed by atoms with Crippen LogP contribution in [0.5, 0.6) is 0 Å². The van der Waals surface area contributed by atoms with Gasteiger partial charge >= 0.3 is 0 Å². The molecular weight excluding hydrogens is 310 g/mol. The molecule has 1 heterocycles. The van der Waals surface area contributed by atoms with Gasteiger partial charge in [-0.1, -0.05) is 13.8 Å². The standard InChI is InChI=1S/C12H20BrN5O/c1-8(2)5-15-9(19)6-18(4)12-10(13)11(14-3)16-7-17-12/h7-8H,5-6H2,1-4H3,(H,15,19)(H,14,16,17). The number of rotatable bonds is 6. The molecule has 0 aromatic carbocycles. The topological polar surface area (TPSA) is 70.2 Å². The second kappa shape index (κ2) is 7.28. The van der Waals surface area contributed by atoms with Crippen molar-refractivity contribution in [2.75, 3.05) is 37.4 Å². The van der Waals surface area contributed by atoms with Gasteiger partial charge in [0.2, 0.25) is 5.91 Å². The Kier molecular flexibility index (Phi) is 6.01. The molecule has 0 radical (unpaired) electrons. The third kappa shape index (κ3) is 4.66. The van der Waals surface area contributed by atoms with Crippen molar-refractivity contribution in [1.29, 1.82) is 0 Å². The number of likely N-dealkylation sites (N-methyl/N-ethyl adjacent to an activating group) is 1. The summed E-state index contributed by atoms with van der Waals surface area (Å²) in [7, 11) is 3.60. The van der Waals surface area contributed by atoms with Crippen molar-refractivity contribution in [2.45, 2.75) is 13.8 Å². The maximum atomic E-state index is 11.8. The van der Waals surface area contributed by atoms with Crippen LogP contribution in [0.3, 0.4) is 0 Å². The summed E-state index contributed by atoms with van der Waals surface area (Å²) in [5.74, 6) is 1.79. The molecule has 0 aliphatic heterocycles. The maximum Gasteiger partial charge on any atom is 0.239 e. The number of hydrogen-bond acceptors (Lipinski definition) is 5. The summed E-state index contributed by atoms with van der Waals surface area (Å²) in [6.07, 6.45) is 1.47. The van der Waals surface area contributed by atoms with Gasteiger partial charge in [0.1, 0.15) is 22.4 Å². The van der Waals surface area contributed by atoms with Gasteiger partial charge in [-0.3, -0.25) is 4.79 Å². The SMILES string of the molecule is CNc1ncnc(N(C)CC(=O)NCC(C)C)c1Br. The van der Waals surface area contributed by atoms with Gasteiger partial charge in [0, 0.05) is 20.6 Å². The Bertz CT molecular complexity index is 438. The first kappa shape index (κ1) is 15.7. The Morgan fingerprint density at radius 2 is 2.16 bits per heavy atom. The molecule has 1 amide bonds. The van der Waals surface area contributed by atoms with Gasteiger partial charge in [-0.25, -0.2) is 9.97 Å². The van der Waals surface area contributed by atoms with Gasteiger partial charge < -0.3 is 15.5 Å². The molecule has 1 rings (SSSR count). The number of anilines is 2. The van der Waals surface area contributed by atoms with E-state index in [1.807, 2.05) is 7.05 Å². The van der Waals surface area contributed by atoms with Crippen molar-refractivity contribution in [3.63, 3.8) is 0 Å². The van der Waals surface area contributed by atoms with Crippen LogP contribution in [0.15, 0.2) is 10.8 Å². The lowest BCUT2D eigenvalue weighted by Gasteiger charge is -2.20. The molecular formula is C12H20BrN5O. The van der Waals surface area contributed by atoms with Crippen molar-refractivity contribution in [3.8, 4) is 0 Å². The van der Waals surface area contributed by atoms with Crippen LogP contribution in [0, 0.1) is 5.92 Å². The average molecular weight is 330 g/mol. The molecule has 0 saturated heterocycles.